The number of nitrogens with one attached hydrogen (secondary N) is 1. The van der Waals surface area contributed by atoms with E-state index in [1.54, 1.807) is 6.07 Å². The molecule has 0 bridgehead atoms. The van der Waals surface area contributed by atoms with Gasteiger partial charge in [-0.05, 0) is 37.1 Å². The van der Waals surface area contributed by atoms with Gasteiger partial charge in [0.1, 0.15) is 4.88 Å². The van der Waals surface area contributed by atoms with Gasteiger partial charge in [-0.15, -0.1) is 11.3 Å². The highest BCUT2D eigenvalue weighted by molar-refractivity contribution is 7.12. The van der Waals surface area contributed by atoms with Gasteiger partial charge in [-0.2, -0.15) is 0 Å². The zero-order chi connectivity index (χ0) is 11.8. The summed E-state index contributed by atoms with van der Waals surface area (Å²) in [6.45, 7) is 2.47. The van der Waals surface area contributed by atoms with Gasteiger partial charge >= 0.3 is 0 Å². The molecular weight excluding hydrogens is 244 g/mol. The van der Waals surface area contributed by atoms with E-state index in [0.717, 1.165) is 12.8 Å². The quantitative estimate of drug-likeness (QED) is 0.870. The van der Waals surface area contributed by atoms with Crippen molar-refractivity contribution in [1.82, 2.24) is 5.32 Å². The molecule has 0 aliphatic heterocycles. The maximum atomic E-state index is 12.0. The highest BCUT2D eigenvalue weighted by Crippen LogP contribution is 2.39. The van der Waals surface area contributed by atoms with Crippen LogP contribution >= 0.6 is 22.9 Å². The SMILES string of the molecule is CC(CN)(NC(=O)c1sccc1Cl)C1CC1. The van der Waals surface area contributed by atoms with Crippen LogP contribution in [0, 0.1) is 5.92 Å². The maximum absolute atomic E-state index is 12.0. The van der Waals surface area contributed by atoms with Crippen LogP contribution < -0.4 is 11.1 Å². The van der Waals surface area contributed by atoms with E-state index in [9.17, 15) is 4.79 Å². The number of rotatable bonds is 4. The number of hydrogen-bond donors (Lipinski definition) is 2. The van der Waals surface area contributed by atoms with Gasteiger partial charge < -0.3 is 11.1 Å². The number of thiophene rings is 1. The largest absolute Gasteiger partial charge is 0.345 e. The van der Waals surface area contributed by atoms with E-state index < -0.39 is 0 Å². The van der Waals surface area contributed by atoms with E-state index in [-0.39, 0.29) is 11.4 Å². The predicted octanol–water partition coefficient (Wildman–Crippen LogP) is 2.26. The zero-order valence-electron chi connectivity index (χ0n) is 9.13. The topological polar surface area (TPSA) is 55.1 Å². The molecule has 0 radical (unpaired) electrons. The summed E-state index contributed by atoms with van der Waals surface area (Å²) in [6, 6.07) is 1.73. The summed E-state index contributed by atoms with van der Waals surface area (Å²) in [5.41, 5.74) is 5.46. The highest BCUT2D eigenvalue weighted by atomic mass is 35.5. The lowest BCUT2D eigenvalue weighted by molar-refractivity contribution is 0.0902. The van der Waals surface area contributed by atoms with E-state index >= 15 is 0 Å². The number of carbonyl (C=O) groups excluding carboxylic acids is 1. The van der Waals surface area contributed by atoms with Crippen molar-refractivity contribution in [3.8, 4) is 0 Å². The van der Waals surface area contributed by atoms with Gasteiger partial charge in [0.15, 0.2) is 0 Å². The van der Waals surface area contributed by atoms with Crippen LogP contribution in [0.25, 0.3) is 0 Å². The van der Waals surface area contributed by atoms with Crippen LogP contribution in [0.1, 0.15) is 29.4 Å². The molecule has 1 amide bonds. The molecule has 0 aromatic carbocycles. The Hall–Kier alpha value is -0.580. The summed E-state index contributed by atoms with van der Waals surface area (Å²) >= 11 is 7.28. The lowest BCUT2D eigenvalue weighted by atomic mass is 9.96. The average Bonchev–Trinajstić information content (AvgIpc) is 3.02. The monoisotopic (exact) mass is 258 g/mol. The molecule has 3 N–H and O–H groups in total. The minimum absolute atomic E-state index is 0.111. The van der Waals surface area contributed by atoms with E-state index in [0.29, 0.717) is 22.4 Å². The van der Waals surface area contributed by atoms with E-state index in [4.69, 9.17) is 17.3 Å². The molecule has 1 aromatic rings. The first-order valence-electron chi connectivity index (χ1n) is 5.32. The first kappa shape index (κ1) is 11.9. The second kappa shape index (κ2) is 4.35. The first-order valence-corrected chi connectivity index (χ1v) is 6.58. The Balaban J connectivity index is 2.09. The number of carbonyl (C=O) groups is 1. The molecule has 0 saturated heterocycles. The Morgan fingerprint density at radius 1 is 1.75 bits per heavy atom. The average molecular weight is 259 g/mol. The van der Waals surface area contributed by atoms with Crippen molar-refractivity contribution >= 4 is 28.8 Å². The molecule has 1 aromatic heterocycles. The van der Waals surface area contributed by atoms with Gasteiger partial charge in [0, 0.05) is 6.54 Å². The van der Waals surface area contributed by atoms with Crippen molar-refractivity contribution in [2.45, 2.75) is 25.3 Å². The Kier molecular flexibility index (Phi) is 3.24. The summed E-state index contributed by atoms with van der Waals surface area (Å²) in [4.78, 5) is 12.6. The number of halogens is 1. The van der Waals surface area contributed by atoms with Crippen molar-refractivity contribution in [3.63, 3.8) is 0 Å². The number of hydrogen-bond acceptors (Lipinski definition) is 3. The predicted molar refractivity (Wildman–Crippen MR) is 67.0 cm³/mol. The van der Waals surface area contributed by atoms with Gasteiger partial charge in [-0.25, -0.2) is 0 Å². The molecule has 1 saturated carbocycles. The van der Waals surface area contributed by atoms with Crippen molar-refractivity contribution < 1.29 is 4.79 Å². The first-order chi connectivity index (χ1) is 7.57. The lowest BCUT2D eigenvalue weighted by Crippen LogP contribution is -2.53. The zero-order valence-corrected chi connectivity index (χ0v) is 10.7. The normalized spacial score (nSPS) is 19.2. The third-order valence-corrected chi connectivity index (χ3v) is 4.47. The van der Waals surface area contributed by atoms with Crippen molar-refractivity contribution in [2.75, 3.05) is 6.54 Å². The number of nitrogens with two attached hydrogens (primary N) is 1. The lowest BCUT2D eigenvalue weighted by Gasteiger charge is -2.29. The molecule has 1 fully saturated rings. The molecule has 1 atom stereocenters. The van der Waals surface area contributed by atoms with Crippen LogP contribution in [-0.2, 0) is 0 Å². The second-order valence-corrected chi connectivity index (χ2v) is 5.77. The summed E-state index contributed by atoms with van der Waals surface area (Å²) in [7, 11) is 0. The molecule has 16 heavy (non-hydrogen) atoms. The molecule has 1 heterocycles. The molecule has 1 aliphatic rings. The van der Waals surface area contributed by atoms with E-state index in [1.165, 1.54) is 11.3 Å². The summed E-state index contributed by atoms with van der Waals surface area (Å²) in [5, 5.41) is 5.34. The molecule has 2 rings (SSSR count). The Labute approximate surface area is 104 Å². The molecule has 5 heteroatoms. The van der Waals surface area contributed by atoms with Gasteiger partial charge in [-0.3, -0.25) is 4.79 Å². The van der Waals surface area contributed by atoms with Crippen LogP contribution in [0.2, 0.25) is 5.02 Å². The van der Waals surface area contributed by atoms with Crippen LogP contribution in [0.5, 0.6) is 0 Å². The van der Waals surface area contributed by atoms with Gasteiger partial charge in [0.05, 0.1) is 10.6 Å². The third kappa shape index (κ3) is 2.24. The minimum atomic E-state index is -0.287. The maximum Gasteiger partial charge on any atom is 0.263 e. The van der Waals surface area contributed by atoms with Gasteiger partial charge in [-0.1, -0.05) is 11.6 Å². The Morgan fingerprint density at radius 3 is 2.88 bits per heavy atom. The van der Waals surface area contributed by atoms with Crippen LogP contribution in [0.3, 0.4) is 0 Å². The van der Waals surface area contributed by atoms with Crippen molar-refractivity contribution in [1.29, 1.82) is 0 Å². The molecule has 1 aliphatic carbocycles. The summed E-state index contributed by atoms with van der Waals surface area (Å²) in [6.07, 6.45) is 2.29. The Morgan fingerprint density at radius 2 is 2.44 bits per heavy atom. The van der Waals surface area contributed by atoms with Gasteiger partial charge in [0.2, 0.25) is 0 Å². The third-order valence-electron chi connectivity index (χ3n) is 3.12. The molecule has 1 unspecified atom stereocenters. The Bertz CT molecular complexity index is 402. The number of amides is 1. The molecular formula is C11H15ClN2OS. The van der Waals surface area contributed by atoms with Crippen LogP contribution in [0.4, 0.5) is 0 Å². The highest BCUT2D eigenvalue weighted by Gasteiger charge is 2.41. The molecule has 88 valence electrons. The fourth-order valence-corrected chi connectivity index (χ4v) is 2.85. The van der Waals surface area contributed by atoms with Gasteiger partial charge in [0.25, 0.3) is 5.91 Å². The van der Waals surface area contributed by atoms with E-state index in [2.05, 4.69) is 5.32 Å². The standard InChI is InChI=1S/C11H15ClN2OS/c1-11(6-13,7-2-3-7)14-10(15)9-8(12)4-5-16-9/h4-5,7H,2-3,6,13H2,1H3,(H,14,15). The van der Waals surface area contributed by atoms with E-state index in [1.807, 2.05) is 12.3 Å². The van der Waals surface area contributed by atoms with Crippen LogP contribution in [-0.4, -0.2) is 18.0 Å². The fourth-order valence-electron chi connectivity index (χ4n) is 1.81. The fraction of sp³-hybridized carbons (Fsp3) is 0.545. The second-order valence-electron chi connectivity index (χ2n) is 4.45. The smallest absolute Gasteiger partial charge is 0.263 e. The molecule has 0 spiro atoms. The summed E-state index contributed by atoms with van der Waals surface area (Å²) in [5.74, 6) is 0.403. The minimum Gasteiger partial charge on any atom is -0.345 e. The van der Waals surface area contributed by atoms with Crippen molar-refractivity contribution in [3.05, 3.63) is 21.3 Å². The molecule has 3 nitrogen and oxygen atoms in total. The van der Waals surface area contributed by atoms with Crippen molar-refractivity contribution in [2.24, 2.45) is 11.7 Å². The van der Waals surface area contributed by atoms with Crippen LogP contribution in [0.15, 0.2) is 11.4 Å². The summed E-state index contributed by atoms with van der Waals surface area (Å²) < 4.78 is 0.